The second-order valence-electron chi connectivity index (χ2n) is 5.61. The molecule has 1 aromatic carbocycles. The van der Waals surface area contributed by atoms with E-state index in [1.54, 1.807) is 12.1 Å². The van der Waals surface area contributed by atoms with Gasteiger partial charge in [-0.1, -0.05) is 18.6 Å². The van der Waals surface area contributed by atoms with Crippen LogP contribution in [0.3, 0.4) is 0 Å². The van der Waals surface area contributed by atoms with Crippen LogP contribution in [0.2, 0.25) is 0 Å². The van der Waals surface area contributed by atoms with Gasteiger partial charge in [-0.2, -0.15) is 0 Å². The lowest BCUT2D eigenvalue weighted by molar-refractivity contribution is -0.0432. The highest BCUT2D eigenvalue weighted by Gasteiger charge is 2.37. The van der Waals surface area contributed by atoms with Gasteiger partial charge in [-0.05, 0) is 37.1 Å². The van der Waals surface area contributed by atoms with Crippen LogP contribution in [0.4, 0.5) is 0 Å². The molecule has 0 aromatic heterocycles. The molecule has 2 rings (SSSR count). The Labute approximate surface area is 125 Å². The number of nitrogens with zero attached hydrogens (tertiary/aromatic N) is 1. The molecule has 21 heavy (non-hydrogen) atoms. The topological polar surface area (TPSA) is 70.0 Å². The normalized spacial score (nSPS) is 18.4. The molecule has 0 atom stereocenters. The van der Waals surface area contributed by atoms with Crippen molar-refractivity contribution in [2.45, 2.75) is 31.3 Å². The van der Waals surface area contributed by atoms with E-state index in [-0.39, 0.29) is 19.2 Å². The van der Waals surface area contributed by atoms with Crippen LogP contribution in [0.5, 0.6) is 0 Å². The average Bonchev–Trinajstić information content (AvgIpc) is 2.55. The van der Waals surface area contributed by atoms with Gasteiger partial charge in [-0.15, -0.1) is 0 Å². The summed E-state index contributed by atoms with van der Waals surface area (Å²) in [5, 5.41) is 19.4. The first-order valence-electron chi connectivity index (χ1n) is 7.29. The van der Waals surface area contributed by atoms with Gasteiger partial charge in [-0.3, -0.25) is 4.90 Å². The first-order valence-corrected chi connectivity index (χ1v) is 7.29. The molecular formula is C16H23NO4. The fourth-order valence-electron chi connectivity index (χ4n) is 2.94. The van der Waals surface area contributed by atoms with Crippen molar-refractivity contribution in [2.75, 3.05) is 26.9 Å². The molecule has 2 N–H and O–H groups in total. The van der Waals surface area contributed by atoms with Gasteiger partial charge in [0.15, 0.2) is 0 Å². The third-order valence-electron chi connectivity index (χ3n) is 4.30. The van der Waals surface area contributed by atoms with E-state index in [0.29, 0.717) is 12.1 Å². The summed E-state index contributed by atoms with van der Waals surface area (Å²) in [4.78, 5) is 13.7. The average molecular weight is 293 g/mol. The third kappa shape index (κ3) is 3.43. The number of esters is 1. The highest BCUT2D eigenvalue weighted by atomic mass is 16.5. The van der Waals surface area contributed by atoms with Crippen LogP contribution in [0.1, 0.15) is 35.2 Å². The van der Waals surface area contributed by atoms with Gasteiger partial charge in [0.25, 0.3) is 0 Å². The molecule has 1 heterocycles. The first-order chi connectivity index (χ1) is 10.1. The zero-order valence-electron chi connectivity index (χ0n) is 12.4. The summed E-state index contributed by atoms with van der Waals surface area (Å²) in [6.45, 7) is 1.33. The van der Waals surface area contributed by atoms with Crippen LogP contribution in [-0.4, -0.2) is 53.5 Å². The molecular weight excluding hydrogens is 270 g/mol. The monoisotopic (exact) mass is 293 g/mol. The number of carbonyl (C=O) groups is 1. The Morgan fingerprint density at radius 1 is 1.33 bits per heavy atom. The van der Waals surface area contributed by atoms with Gasteiger partial charge in [0.1, 0.15) is 0 Å². The molecule has 1 fully saturated rings. The predicted octanol–water partition coefficient (Wildman–Crippen LogP) is 1.18. The van der Waals surface area contributed by atoms with Gasteiger partial charge >= 0.3 is 5.97 Å². The van der Waals surface area contributed by atoms with Crippen LogP contribution in [0, 0.1) is 0 Å². The second kappa shape index (κ2) is 7.02. The fourth-order valence-corrected chi connectivity index (χ4v) is 2.94. The third-order valence-corrected chi connectivity index (χ3v) is 4.30. The Bertz CT molecular complexity index is 485. The molecule has 1 aliphatic heterocycles. The minimum atomic E-state index is -0.556. The fraction of sp³-hybridized carbons (Fsp3) is 0.562. The number of methoxy groups -OCH3 is 1. The van der Waals surface area contributed by atoms with E-state index in [1.807, 2.05) is 12.1 Å². The highest BCUT2D eigenvalue weighted by Crippen LogP contribution is 2.29. The summed E-state index contributed by atoms with van der Waals surface area (Å²) >= 11 is 0. The van der Waals surface area contributed by atoms with Crippen molar-refractivity contribution in [3.8, 4) is 0 Å². The van der Waals surface area contributed by atoms with Crippen molar-refractivity contribution in [1.82, 2.24) is 4.90 Å². The summed E-state index contributed by atoms with van der Waals surface area (Å²) in [7, 11) is 1.36. The van der Waals surface area contributed by atoms with E-state index in [9.17, 15) is 15.0 Å². The quantitative estimate of drug-likeness (QED) is 0.798. The maximum Gasteiger partial charge on any atom is 0.337 e. The maximum absolute atomic E-state index is 11.6. The summed E-state index contributed by atoms with van der Waals surface area (Å²) in [6.07, 6.45) is 2.86. The zero-order valence-corrected chi connectivity index (χ0v) is 12.4. The number of hydrogen-bond acceptors (Lipinski definition) is 5. The van der Waals surface area contributed by atoms with Crippen molar-refractivity contribution in [3.05, 3.63) is 35.4 Å². The van der Waals surface area contributed by atoms with Crippen molar-refractivity contribution in [1.29, 1.82) is 0 Å². The number of likely N-dealkylation sites (tertiary alicyclic amines) is 1. The van der Waals surface area contributed by atoms with E-state index in [1.165, 1.54) is 7.11 Å². The van der Waals surface area contributed by atoms with Crippen LogP contribution in [0.25, 0.3) is 0 Å². The van der Waals surface area contributed by atoms with Gasteiger partial charge in [0.05, 0.1) is 31.4 Å². The number of benzene rings is 1. The predicted molar refractivity (Wildman–Crippen MR) is 78.9 cm³/mol. The molecule has 0 saturated carbocycles. The molecule has 5 heteroatoms. The van der Waals surface area contributed by atoms with Crippen LogP contribution in [-0.2, 0) is 11.3 Å². The smallest absolute Gasteiger partial charge is 0.337 e. The van der Waals surface area contributed by atoms with E-state index >= 15 is 0 Å². The van der Waals surface area contributed by atoms with Crippen molar-refractivity contribution in [2.24, 2.45) is 0 Å². The lowest BCUT2D eigenvalue weighted by Gasteiger charge is -2.45. The minimum Gasteiger partial charge on any atom is -0.465 e. The largest absolute Gasteiger partial charge is 0.465 e. The van der Waals surface area contributed by atoms with E-state index in [0.717, 1.165) is 31.4 Å². The molecule has 5 nitrogen and oxygen atoms in total. The van der Waals surface area contributed by atoms with E-state index in [2.05, 4.69) is 4.90 Å². The molecule has 0 spiro atoms. The Morgan fingerprint density at radius 3 is 2.76 bits per heavy atom. The van der Waals surface area contributed by atoms with Crippen LogP contribution >= 0.6 is 0 Å². The number of aliphatic hydroxyl groups excluding tert-OH is 2. The van der Waals surface area contributed by atoms with Crippen molar-refractivity contribution in [3.63, 3.8) is 0 Å². The van der Waals surface area contributed by atoms with Gasteiger partial charge in [0.2, 0.25) is 0 Å². The molecule has 0 radical (unpaired) electrons. The number of piperidine rings is 1. The highest BCUT2D eigenvalue weighted by molar-refractivity contribution is 5.89. The number of carbonyl (C=O) groups excluding carboxylic acids is 1. The van der Waals surface area contributed by atoms with E-state index < -0.39 is 5.54 Å². The number of rotatable bonds is 5. The number of aliphatic hydroxyl groups is 2. The van der Waals surface area contributed by atoms with Crippen LogP contribution in [0.15, 0.2) is 24.3 Å². The lowest BCUT2D eigenvalue weighted by Crippen LogP contribution is -2.56. The Balaban J connectivity index is 2.17. The van der Waals surface area contributed by atoms with E-state index in [4.69, 9.17) is 4.74 Å². The molecule has 0 unspecified atom stereocenters. The second-order valence-corrected chi connectivity index (χ2v) is 5.61. The summed E-state index contributed by atoms with van der Waals surface area (Å²) < 4.78 is 4.73. The standard InChI is InChI=1S/C16H23NO4/c1-21-15(20)14-6-4-5-13(9-14)10-17-8-3-2-7-16(17,11-18)12-19/h4-6,9,18-19H,2-3,7-8,10-12H2,1H3. The van der Waals surface area contributed by atoms with Gasteiger partial charge in [0, 0.05) is 6.54 Å². The van der Waals surface area contributed by atoms with Gasteiger partial charge in [-0.25, -0.2) is 4.79 Å². The SMILES string of the molecule is COC(=O)c1cccc(CN2CCCCC2(CO)CO)c1. The summed E-state index contributed by atoms with van der Waals surface area (Å²) in [5.74, 6) is -0.355. The summed E-state index contributed by atoms with van der Waals surface area (Å²) in [6, 6.07) is 7.29. The molecule has 0 amide bonds. The summed E-state index contributed by atoms with van der Waals surface area (Å²) in [5.41, 5.74) is 0.941. The molecule has 1 saturated heterocycles. The van der Waals surface area contributed by atoms with Crippen LogP contribution < -0.4 is 0 Å². The maximum atomic E-state index is 11.6. The minimum absolute atomic E-state index is 0.0554. The van der Waals surface area contributed by atoms with Gasteiger partial charge < -0.3 is 14.9 Å². The molecule has 1 aliphatic rings. The Hall–Kier alpha value is -1.43. The number of ether oxygens (including phenoxy) is 1. The Kier molecular flexibility index (Phi) is 5.33. The molecule has 1 aromatic rings. The molecule has 116 valence electrons. The van der Waals surface area contributed by atoms with Crippen molar-refractivity contribution < 1.29 is 19.7 Å². The Morgan fingerprint density at radius 2 is 2.10 bits per heavy atom. The number of hydrogen-bond donors (Lipinski definition) is 2. The van der Waals surface area contributed by atoms with Crippen molar-refractivity contribution >= 4 is 5.97 Å². The zero-order chi connectivity index (χ0) is 15.3. The first kappa shape index (κ1) is 15.9. The lowest BCUT2D eigenvalue weighted by atomic mass is 9.87. The molecule has 0 bridgehead atoms. The molecule has 0 aliphatic carbocycles.